The van der Waals surface area contributed by atoms with Gasteiger partial charge in [0, 0.05) is 39.4 Å². The Kier molecular flexibility index (Phi) is 7.42. The molecule has 4 aromatic heterocycles. The van der Waals surface area contributed by atoms with Gasteiger partial charge in [0.2, 0.25) is 15.9 Å². The van der Waals surface area contributed by atoms with Crippen LogP contribution in [0.25, 0.3) is 28.2 Å². The Labute approximate surface area is 226 Å². The van der Waals surface area contributed by atoms with E-state index in [1.165, 1.54) is 21.1 Å². The van der Waals surface area contributed by atoms with Crippen LogP contribution in [0.15, 0.2) is 40.3 Å². The highest BCUT2D eigenvalue weighted by Gasteiger charge is 2.30. The van der Waals surface area contributed by atoms with E-state index < -0.39 is 15.6 Å². The van der Waals surface area contributed by atoms with E-state index in [2.05, 4.69) is 32.1 Å². The van der Waals surface area contributed by atoms with E-state index in [4.69, 9.17) is 9.72 Å². The standard InChI is InChI=1S/C25H31N9O4S/c1-5-19-21-22(30-34(19)20-9-8-10-27-29-20)25(35)31(4)23(28-21)18-15-17(16-26-24(18)38-7-3)39(36,37)33-13-11-32(6-2)12-14-33/h8-10,15-16H,5-7,11-14H2,1-4H3. The Morgan fingerprint density at radius 3 is 2.49 bits per heavy atom. The number of aryl methyl sites for hydroxylation is 1. The van der Waals surface area contributed by atoms with Crippen LogP contribution >= 0.6 is 0 Å². The van der Waals surface area contributed by atoms with Crippen LogP contribution in [-0.4, -0.2) is 91.5 Å². The van der Waals surface area contributed by atoms with Gasteiger partial charge >= 0.3 is 0 Å². The molecular weight excluding hydrogens is 522 g/mol. The molecule has 5 rings (SSSR count). The van der Waals surface area contributed by atoms with Crippen molar-refractivity contribution in [2.75, 3.05) is 39.3 Å². The van der Waals surface area contributed by atoms with E-state index >= 15 is 0 Å². The van der Waals surface area contributed by atoms with Gasteiger partial charge in [-0.3, -0.25) is 9.36 Å². The summed E-state index contributed by atoms with van der Waals surface area (Å²) in [7, 11) is -2.26. The van der Waals surface area contributed by atoms with E-state index in [9.17, 15) is 13.2 Å². The summed E-state index contributed by atoms with van der Waals surface area (Å²) in [5, 5.41) is 12.6. The van der Waals surface area contributed by atoms with Gasteiger partial charge in [-0.2, -0.15) is 14.5 Å². The number of hydrogen-bond donors (Lipinski definition) is 0. The molecule has 0 unspecified atom stereocenters. The minimum absolute atomic E-state index is 0.0196. The van der Waals surface area contributed by atoms with Crippen LogP contribution in [0.1, 0.15) is 26.5 Å². The summed E-state index contributed by atoms with van der Waals surface area (Å²) in [4.78, 5) is 24.9. The number of pyridine rings is 1. The number of sulfonamides is 1. The third kappa shape index (κ3) is 4.79. The maximum absolute atomic E-state index is 13.6. The summed E-state index contributed by atoms with van der Waals surface area (Å²) in [5.74, 6) is 0.877. The van der Waals surface area contributed by atoms with Gasteiger partial charge < -0.3 is 9.64 Å². The second-order valence-corrected chi connectivity index (χ2v) is 11.0. The molecule has 39 heavy (non-hydrogen) atoms. The van der Waals surface area contributed by atoms with Crippen molar-refractivity contribution >= 4 is 21.1 Å². The van der Waals surface area contributed by atoms with Crippen molar-refractivity contribution in [2.24, 2.45) is 7.05 Å². The van der Waals surface area contributed by atoms with Crippen LogP contribution in [0.4, 0.5) is 0 Å². The quantitative estimate of drug-likeness (QED) is 0.313. The average Bonchev–Trinajstić information content (AvgIpc) is 3.34. The highest BCUT2D eigenvalue weighted by molar-refractivity contribution is 7.89. The lowest BCUT2D eigenvalue weighted by atomic mass is 10.2. The number of aromatic nitrogens is 7. The Balaban J connectivity index is 1.67. The molecule has 1 fully saturated rings. The summed E-state index contributed by atoms with van der Waals surface area (Å²) in [6.45, 7) is 9.07. The predicted octanol–water partition coefficient (Wildman–Crippen LogP) is 1.26. The molecule has 1 saturated heterocycles. The second kappa shape index (κ2) is 10.8. The maximum atomic E-state index is 13.6. The molecule has 0 amide bonds. The van der Waals surface area contributed by atoms with Gasteiger partial charge in [-0.05, 0) is 38.1 Å². The van der Waals surface area contributed by atoms with Crippen LogP contribution in [-0.2, 0) is 23.5 Å². The molecule has 1 aliphatic heterocycles. The van der Waals surface area contributed by atoms with E-state index in [-0.39, 0.29) is 22.1 Å². The van der Waals surface area contributed by atoms with Gasteiger partial charge in [0.1, 0.15) is 16.2 Å². The fourth-order valence-corrected chi connectivity index (χ4v) is 6.11. The number of fused-ring (bicyclic) bond motifs is 1. The number of piperazine rings is 1. The first-order valence-electron chi connectivity index (χ1n) is 12.9. The molecule has 1 aliphatic rings. The van der Waals surface area contributed by atoms with Crippen molar-refractivity contribution in [1.29, 1.82) is 0 Å². The Bertz CT molecular complexity index is 1660. The average molecular weight is 554 g/mol. The van der Waals surface area contributed by atoms with Crippen LogP contribution in [0.3, 0.4) is 0 Å². The van der Waals surface area contributed by atoms with E-state index in [1.54, 1.807) is 37.0 Å². The van der Waals surface area contributed by atoms with Crippen molar-refractivity contribution in [3.8, 4) is 23.1 Å². The zero-order valence-electron chi connectivity index (χ0n) is 22.4. The monoisotopic (exact) mass is 553 g/mol. The van der Waals surface area contributed by atoms with Gasteiger partial charge in [0.25, 0.3) is 5.56 Å². The van der Waals surface area contributed by atoms with Crippen molar-refractivity contribution in [3.05, 3.63) is 46.6 Å². The van der Waals surface area contributed by atoms with Crippen molar-refractivity contribution < 1.29 is 13.2 Å². The fourth-order valence-electron chi connectivity index (χ4n) is 4.72. The molecule has 0 radical (unpaired) electrons. The van der Waals surface area contributed by atoms with Gasteiger partial charge in [-0.1, -0.05) is 13.8 Å². The van der Waals surface area contributed by atoms with E-state index in [1.807, 2.05) is 6.92 Å². The van der Waals surface area contributed by atoms with Crippen molar-refractivity contribution in [3.63, 3.8) is 0 Å². The predicted molar refractivity (Wildman–Crippen MR) is 144 cm³/mol. The molecule has 0 aromatic carbocycles. The van der Waals surface area contributed by atoms with Gasteiger partial charge in [-0.25, -0.2) is 23.1 Å². The lowest BCUT2D eigenvalue weighted by Gasteiger charge is -2.33. The first kappa shape index (κ1) is 26.8. The summed E-state index contributed by atoms with van der Waals surface area (Å²) in [6.07, 6.45) is 3.37. The first-order valence-corrected chi connectivity index (χ1v) is 14.4. The van der Waals surface area contributed by atoms with Gasteiger partial charge in [0.05, 0.1) is 24.1 Å². The highest BCUT2D eigenvalue weighted by atomic mass is 32.2. The fraction of sp³-hybridized carbons (Fsp3) is 0.440. The van der Waals surface area contributed by atoms with E-state index in [0.717, 1.165) is 6.54 Å². The lowest BCUT2D eigenvalue weighted by molar-refractivity contribution is 0.196. The molecule has 0 N–H and O–H groups in total. The van der Waals surface area contributed by atoms with Crippen LogP contribution in [0, 0.1) is 0 Å². The van der Waals surface area contributed by atoms with E-state index in [0.29, 0.717) is 61.8 Å². The number of nitrogens with zero attached hydrogens (tertiary/aromatic N) is 9. The van der Waals surface area contributed by atoms with Crippen LogP contribution in [0.2, 0.25) is 0 Å². The highest BCUT2D eigenvalue weighted by Crippen LogP contribution is 2.31. The molecule has 0 atom stereocenters. The zero-order valence-corrected chi connectivity index (χ0v) is 23.2. The summed E-state index contributed by atoms with van der Waals surface area (Å²) in [6, 6.07) is 4.97. The minimum Gasteiger partial charge on any atom is -0.477 e. The first-order chi connectivity index (χ1) is 18.8. The Morgan fingerprint density at radius 2 is 1.85 bits per heavy atom. The zero-order chi connectivity index (χ0) is 27.7. The summed E-state index contributed by atoms with van der Waals surface area (Å²) < 4.78 is 37.3. The Morgan fingerprint density at radius 1 is 1.08 bits per heavy atom. The molecule has 0 bridgehead atoms. The number of rotatable bonds is 8. The molecule has 14 heteroatoms. The number of hydrogen-bond acceptors (Lipinski definition) is 10. The van der Waals surface area contributed by atoms with Crippen molar-refractivity contribution in [2.45, 2.75) is 32.1 Å². The molecule has 0 saturated carbocycles. The van der Waals surface area contributed by atoms with Gasteiger partial charge in [-0.15, -0.1) is 5.10 Å². The summed E-state index contributed by atoms with van der Waals surface area (Å²) in [5.41, 5.74) is 1.16. The largest absolute Gasteiger partial charge is 0.477 e. The molecule has 4 aromatic rings. The van der Waals surface area contributed by atoms with Crippen molar-refractivity contribution in [1.82, 2.24) is 43.7 Å². The third-order valence-corrected chi connectivity index (χ3v) is 8.73. The third-order valence-electron chi connectivity index (χ3n) is 6.87. The normalized spacial score (nSPS) is 15.2. The molecular formula is C25H31N9O4S. The Hall–Kier alpha value is -3.75. The minimum atomic E-state index is -3.82. The van der Waals surface area contributed by atoms with Crippen LogP contribution in [0.5, 0.6) is 5.88 Å². The summed E-state index contributed by atoms with van der Waals surface area (Å²) >= 11 is 0. The second-order valence-electron chi connectivity index (χ2n) is 9.09. The molecule has 5 heterocycles. The lowest BCUT2D eigenvalue weighted by Crippen LogP contribution is -2.48. The number of likely N-dealkylation sites (N-methyl/N-ethyl adjacent to an activating group) is 1. The van der Waals surface area contributed by atoms with Gasteiger partial charge in [0.15, 0.2) is 11.3 Å². The number of ether oxygens (including phenoxy) is 1. The SMILES string of the molecule is CCOc1ncc(S(=O)(=O)N2CCN(CC)CC2)cc1-c1nc2c(CC)n(-c3cccnn3)nc2c(=O)n1C. The smallest absolute Gasteiger partial charge is 0.281 e. The maximum Gasteiger partial charge on any atom is 0.281 e. The molecule has 0 spiro atoms. The molecule has 13 nitrogen and oxygen atoms in total. The molecule has 0 aliphatic carbocycles. The van der Waals surface area contributed by atoms with Crippen LogP contribution < -0.4 is 10.3 Å². The molecule has 206 valence electrons. The topological polar surface area (TPSA) is 141 Å².